The summed E-state index contributed by atoms with van der Waals surface area (Å²) in [6, 6.07) is -1.14. The summed E-state index contributed by atoms with van der Waals surface area (Å²) in [4.78, 5) is 10.5. The van der Waals surface area contributed by atoms with Gasteiger partial charge in [0.2, 0.25) is 0 Å². The van der Waals surface area contributed by atoms with Gasteiger partial charge in [-0.3, -0.25) is 4.79 Å². The van der Waals surface area contributed by atoms with Crippen molar-refractivity contribution in [3.8, 4) is 0 Å². The molecule has 0 saturated heterocycles. The van der Waals surface area contributed by atoms with Crippen LogP contribution in [0.1, 0.15) is 0 Å². The summed E-state index contributed by atoms with van der Waals surface area (Å²) in [6.45, 7) is -3.45. The largest absolute Gasteiger partial charge is 0.468 e. The fourth-order valence-electron chi connectivity index (χ4n) is 0.396. The summed E-state index contributed by atoms with van der Waals surface area (Å²) < 4.78 is 30.6. The molecule has 6 heteroatoms. The average molecular weight is 169 g/mol. The van der Waals surface area contributed by atoms with Gasteiger partial charge in [-0.25, -0.2) is 0 Å². The Bertz CT molecular complexity index is 131. The third kappa shape index (κ3) is 4.63. The number of hydrogen-bond donors (Lipinski definition) is 1. The maximum absolute atomic E-state index is 11.3. The molecule has 4 nitrogen and oxygen atoms in total. The number of rotatable bonds is 4. The third-order valence-electron chi connectivity index (χ3n) is 0.906. The molecule has 0 saturated carbocycles. The Balaban J connectivity index is 3.52. The quantitative estimate of drug-likeness (QED) is 0.588. The molecule has 0 aliphatic rings. The van der Waals surface area contributed by atoms with E-state index in [1.807, 2.05) is 0 Å². The van der Waals surface area contributed by atoms with E-state index < -0.39 is 25.2 Å². The van der Waals surface area contributed by atoms with Gasteiger partial charge in [-0.2, -0.15) is 8.78 Å². The first-order valence-corrected chi connectivity index (χ1v) is 2.81. The molecule has 0 aromatic rings. The van der Waals surface area contributed by atoms with E-state index in [4.69, 9.17) is 5.73 Å². The molecule has 0 amide bonds. The maximum atomic E-state index is 11.3. The van der Waals surface area contributed by atoms with Crippen LogP contribution in [0.4, 0.5) is 8.78 Å². The van der Waals surface area contributed by atoms with Crippen LogP contribution in [0.2, 0.25) is 0 Å². The zero-order valence-electron chi connectivity index (χ0n) is 5.92. The van der Waals surface area contributed by atoms with Crippen molar-refractivity contribution in [1.82, 2.24) is 0 Å². The van der Waals surface area contributed by atoms with Gasteiger partial charge >= 0.3 is 12.6 Å². The summed E-state index contributed by atoms with van der Waals surface area (Å²) in [6.07, 6.45) is 0. The van der Waals surface area contributed by atoms with Crippen LogP contribution in [-0.2, 0) is 14.3 Å². The predicted octanol–water partition coefficient (Wildman–Crippen LogP) is -0.274. The minimum Gasteiger partial charge on any atom is -0.468 e. The smallest absolute Gasteiger partial charge is 0.345 e. The van der Waals surface area contributed by atoms with Gasteiger partial charge in [0.25, 0.3) is 0 Å². The van der Waals surface area contributed by atoms with Gasteiger partial charge in [0, 0.05) is 0 Å². The molecule has 0 bridgehead atoms. The normalized spacial score (nSPS) is 13.2. The van der Waals surface area contributed by atoms with Crippen LogP contribution in [0.25, 0.3) is 0 Å². The number of hydrogen-bond acceptors (Lipinski definition) is 4. The van der Waals surface area contributed by atoms with E-state index in [0.29, 0.717) is 0 Å². The minimum absolute atomic E-state index is 0.537. The Hall–Kier alpha value is -0.750. The first kappa shape index (κ1) is 10.2. The molecule has 0 aromatic carbocycles. The fourth-order valence-corrected chi connectivity index (χ4v) is 0.396. The second kappa shape index (κ2) is 4.97. The van der Waals surface area contributed by atoms with E-state index in [1.54, 1.807) is 0 Å². The zero-order chi connectivity index (χ0) is 8.85. The number of esters is 1. The summed E-state index contributed by atoms with van der Waals surface area (Å²) in [5, 5.41) is 0. The molecule has 0 aliphatic carbocycles. The highest BCUT2D eigenvalue weighted by Crippen LogP contribution is 1.95. The number of methoxy groups -OCH3 is 1. The Kier molecular flexibility index (Phi) is 4.64. The molecule has 66 valence electrons. The number of carbonyl (C=O) groups is 1. The lowest BCUT2D eigenvalue weighted by Gasteiger charge is -2.08. The van der Waals surface area contributed by atoms with Crippen LogP contribution in [-0.4, -0.2) is 32.3 Å². The molecule has 0 unspecified atom stereocenters. The van der Waals surface area contributed by atoms with E-state index >= 15 is 0 Å². The van der Waals surface area contributed by atoms with Gasteiger partial charge in [-0.15, -0.1) is 0 Å². The van der Waals surface area contributed by atoms with E-state index in [1.165, 1.54) is 0 Å². The average Bonchev–Trinajstić information content (AvgIpc) is 1.98. The van der Waals surface area contributed by atoms with Crippen molar-refractivity contribution in [2.75, 3.05) is 13.7 Å². The first-order valence-electron chi connectivity index (χ1n) is 2.81. The van der Waals surface area contributed by atoms with Crippen molar-refractivity contribution in [2.45, 2.75) is 12.7 Å². The van der Waals surface area contributed by atoms with Gasteiger partial charge in [-0.1, -0.05) is 0 Å². The van der Waals surface area contributed by atoms with Crippen molar-refractivity contribution in [3.63, 3.8) is 0 Å². The summed E-state index contributed by atoms with van der Waals surface area (Å²) in [7, 11) is 1.12. The zero-order valence-corrected chi connectivity index (χ0v) is 5.92. The molecule has 0 aromatic heterocycles. The van der Waals surface area contributed by atoms with Gasteiger partial charge < -0.3 is 15.2 Å². The van der Waals surface area contributed by atoms with Crippen molar-refractivity contribution < 1.29 is 23.0 Å². The van der Waals surface area contributed by atoms with Crippen LogP contribution in [0, 0.1) is 0 Å². The Morgan fingerprint density at radius 1 is 1.64 bits per heavy atom. The van der Waals surface area contributed by atoms with Crippen molar-refractivity contribution in [1.29, 1.82) is 0 Å². The third-order valence-corrected chi connectivity index (χ3v) is 0.906. The number of nitrogens with two attached hydrogens (primary N) is 1. The number of ether oxygens (including phenoxy) is 2. The van der Waals surface area contributed by atoms with Crippen LogP contribution in [0.3, 0.4) is 0 Å². The molecule has 0 aliphatic heterocycles. The van der Waals surface area contributed by atoms with E-state index in [0.717, 1.165) is 7.11 Å². The molecule has 1 atom stereocenters. The molecule has 0 radical (unpaired) electrons. The lowest BCUT2D eigenvalue weighted by atomic mass is 10.3. The molecule has 2 N–H and O–H groups in total. The maximum Gasteiger partial charge on any atom is 0.345 e. The molecule has 11 heavy (non-hydrogen) atoms. The molecule has 0 heterocycles. The van der Waals surface area contributed by atoms with E-state index in [-0.39, 0.29) is 0 Å². The van der Waals surface area contributed by atoms with Gasteiger partial charge in [-0.05, 0) is 0 Å². The highest BCUT2D eigenvalue weighted by molar-refractivity contribution is 5.75. The lowest BCUT2D eigenvalue weighted by Crippen LogP contribution is -2.36. The van der Waals surface area contributed by atoms with Crippen LogP contribution in [0.15, 0.2) is 0 Å². The lowest BCUT2D eigenvalue weighted by molar-refractivity contribution is -0.154. The first-order chi connectivity index (χ1) is 5.07. The van der Waals surface area contributed by atoms with Gasteiger partial charge in [0.15, 0.2) is 0 Å². The second-order valence-electron chi connectivity index (χ2n) is 1.72. The highest BCUT2D eigenvalue weighted by atomic mass is 19.3. The Labute approximate surface area is 62.3 Å². The minimum atomic E-state index is -2.91. The summed E-state index contributed by atoms with van der Waals surface area (Å²) in [5.41, 5.74) is 5.04. The Morgan fingerprint density at radius 2 is 2.18 bits per heavy atom. The Morgan fingerprint density at radius 3 is 2.55 bits per heavy atom. The fraction of sp³-hybridized carbons (Fsp3) is 0.800. The van der Waals surface area contributed by atoms with Crippen LogP contribution in [0.5, 0.6) is 0 Å². The monoisotopic (exact) mass is 169 g/mol. The van der Waals surface area contributed by atoms with Crippen molar-refractivity contribution in [3.05, 3.63) is 0 Å². The number of alkyl halides is 2. The van der Waals surface area contributed by atoms with E-state index in [9.17, 15) is 13.6 Å². The molecule has 0 fully saturated rings. The molecular formula is C5H9F2NO3. The van der Waals surface area contributed by atoms with Crippen molar-refractivity contribution in [2.24, 2.45) is 5.73 Å². The molecule has 0 rings (SSSR count). The topological polar surface area (TPSA) is 61.5 Å². The predicted molar refractivity (Wildman–Crippen MR) is 31.9 cm³/mol. The SMILES string of the molecule is COC(=O)[C@@H](N)COC(F)F. The highest BCUT2D eigenvalue weighted by Gasteiger charge is 2.15. The van der Waals surface area contributed by atoms with Crippen molar-refractivity contribution >= 4 is 5.97 Å². The van der Waals surface area contributed by atoms with Gasteiger partial charge in [0.05, 0.1) is 13.7 Å². The standard InChI is InChI=1S/C5H9F2NO3/c1-10-4(9)3(8)2-11-5(6)7/h3,5H,2,8H2,1H3/t3-/m0/s1. The van der Waals surface area contributed by atoms with Crippen LogP contribution >= 0.6 is 0 Å². The van der Waals surface area contributed by atoms with Gasteiger partial charge in [0.1, 0.15) is 6.04 Å². The molecule has 0 spiro atoms. The van der Waals surface area contributed by atoms with Crippen LogP contribution < -0.4 is 5.73 Å². The number of carbonyl (C=O) groups excluding carboxylic acids is 1. The molecular weight excluding hydrogens is 160 g/mol. The summed E-state index contributed by atoms with van der Waals surface area (Å²) >= 11 is 0. The second-order valence-corrected chi connectivity index (χ2v) is 1.72. The van der Waals surface area contributed by atoms with E-state index in [2.05, 4.69) is 9.47 Å². The summed E-state index contributed by atoms with van der Waals surface area (Å²) in [5.74, 6) is -0.773. The number of halogens is 2.